The van der Waals surface area contributed by atoms with Crippen LogP contribution in [-0.2, 0) is 6.54 Å². The van der Waals surface area contributed by atoms with Crippen LogP contribution in [0.5, 0.6) is 0 Å². The Hall–Kier alpha value is -0.850. The molecule has 1 rings (SSSR count). The molecule has 4 nitrogen and oxygen atoms in total. The Morgan fingerprint density at radius 3 is 2.81 bits per heavy atom. The molecule has 1 aromatic rings. The zero-order valence-corrected chi connectivity index (χ0v) is 12.0. The molecule has 0 saturated heterocycles. The Kier molecular flexibility index (Phi) is 7.88. The Bertz CT molecular complexity index is 311. The van der Waals surface area contributed by atoms with Gasteiger partial charge in [0.2, 0.25) is 0 Å². The van der Waals surface area contributed by atoms with E-state index < -0.39 is 0 Å². The first-order valence-corrected chi connectivity index (χ1v) is 5.12. The van der Waals surface area contributed by atoms with E-state index in [4.69, 9.17) is 5.73 Å². The van der Waals surface area contributed by atoms with Gasteiger partial charge in [-0.25, -0.2) is 4.99 Å². The van der Waals surface area contributed by atoms with Gasteiger partial charge in [0.05, 0.1) is 12.2 Å². The minimum atomic E-state index is 0. The van der Waals surface area contributed by atoms with E-state index in [0.29, 0.717) is 18.4 Å². The third kappa shape index (κ3) is 6.60. The molecule has 0 aliphatic carbocycles. The monoisotopic (exact) mass is 334 g/mol. The highest BCUT2D eigenvalue weighted by molar-refractivity contribution is 14.0. The maximum atomic E-state index is 5.68. The summed E-state index contributed by atoms with van der Waals surface area (Å²) in [5, 5.41) is 3.05. The van der Waals surface area contributed by atoms with Crippen molar-refractivity contribution in [1.29, 1.82) is 0 Å². The van der Waals surface area contributed by atoms with Crippen LogP contribution in [0, 0.1) is 5.92 Å². The number of guanidine groups is 1. The Labute approximate surface area is 114 Å². The molecule has 3 N–H and O–H groups in total. The van der Waals surface area contributed by atoms with E-state index in [-0.39, 0.29) is 24.0 Å². The maximum Gasteiger partial charge on any atom is 0.188 e. The van der Waals surface area contributed by atoms with Crippen molar-refractivity contribution in [2.75, 3.05) is 6.54 Å². The van der Waals surface area contributed by atoms with Gasteiger partial charge in [-0.1, -0.05) is 19.9 Å². The van der Waals surface area contributed by atoms with Gasteiger partial charge in [0.1, 0.15) is 0 Å². The molecule has 0 unspecified atom stereocenters. The van der Waals surface area contributed by atoms with E-state index in [1.165, 1.54) is 0 Å². The van der Waals surface area contributed by atoms with Crippen LogP contribution in [0.2, 0.25) is 0 Å². The smallest absolute Gasteiger partial charge is 0.188 e. The zero-order chi connectivity index (χ0) is 11.1. The van der Waals surface area contributed by atoms with E-state index >= 15 is 0 Å². The largest absolute Gasteiger partial charge is 0.370 e. The highest BCUT2D eigenvalue weighted by Gasteiger charge is 1.95. The van der Waals surface area contributed by atoms with E-state index in [1.807, 2.05) is 18.2 Å². The number of nitrogens with two attached hydrogens (primary N) is 1. The summed E-state index contributed by atoms with van der Waals surface area (Å²) in [6.07, 6.45) is 1.75. The van der Waals surface area contributed by atoms with Crippen molar-refractivity contribution in [2.45, 2.75) is 20.4 Å². The molecule has 5 heteroatoms. The van der Waals surface area contributed by atoms with E-state index in [2.05, 4.69) is 29.1 Å². The van der Waals surface area contributed by atoms with Crippen LogP contribution in [0.1, 0.15) is 19.5 Å². The van der Waals surface area contributed by atoms with Gasteiger partial charge in [-0.15, -0.1) is 24.0 Å². The summed E-state index contributed by atoms with van der Waals surface area (Å²) < 4.78 is 0. The summed E-state index contributed by atoms with van der Waals surface area (Å²) >= 11 is 0. The van der Waals surface area contributed by atoms with E-state index in [1.54, 1.807) is 6.20 Å². The van der Waals surface area contributed by atoms with Crippen LogP contribution in [0.4, 0.5) is 0 Å². The Morgan fingerprint density at radius 2 is 2.25 bits per heavy atom. The second kappa shape index (κ2) is 8.32. The number of aliphatic imine (C=N–C) groups is 1. The van der Waals surface area contributed by atoms with Crippen LogP contribution in [0.25, 0.3) is 0 Å². The molecule has 1 aromatic heterocycles. The maximum absolute atomic E-state index is 5.68. The predicted molar refractivity (Wildman–Crippen MR) is 77.8 cm³/mol. The number of pyridine rings is 1. The standard InChI is InChI=1S/C11H18N4.HI/c1-9(2)7-14-11(12)15-8-10-5-3-4-6-13-10;/h3-6,9H,7-8H2,1-2H3,(H3,12,14,15);1H. The zero-order valence-electron chi connectivity index (χ0n) is 9.68. The second-order valence-corrected chi connectivity index (χ2v) is 3.80. The average Bonchev–Trinajstić information content (AvgIpc) is 2.25. The number of hydrogen-bond donors (Lipinski definition) is 2. The van der Waals surface area contributed by atoms with Crippen molar-refractivity contribution in [1.82, 2.24) is 10.3 Å². The number of nitrogens with zero attached hydrogens (tertiary/aromatic N) is 2. The lowest BCUT2D eigenvalue weighted by molar-refractivity contribution is 0.621. The molecular formula is C11H19IN4. The number of rotatable bonds is 4. The first-order chi connectivity index (χ1) is 7.18. The van der Waals surface area contributed by atoms with Crippen LogP contribution in [0.3, 0.4) is 0 Å². The molecule has 0 aliphatic rings. The summed E-state index contributed by atoms with van der Waals surface area (Å²) in [6, 6.07) is 5.75. The first kappa shape index (κ1) is 15.2. The molecule has 0 radical (unpaired) electrons. The van der Waals surface area contributed by atoms with Gasteiger partial charge >= 0.3 is 0 Å². The molecular weight excluding hydrogens is 315 g/mol. The van der Waals surface area contributed by atoms with Gasteiger partial charge in [0.15, 0.2) is 5.96 Å². The molecule has 0 bridgehead atoms. The molecule has 1 heterocycles. The lowest BCUT2D eigenvalue weighted by atomic mass is 10.2. The van der Waals surface area contributed by atoms with Gasteiger partial charge in [0.25, 0.3) is 0 Å². The Morgan fingerprint density at radius 1 is 1.50 bits per heavy atom. The fourth-order valence-corrected chi connectivity index (χ4v) is 1.02. The summed E-state index contributed by atoms with van der Waals surface area (Å²) in [4.78, 5) is 8.34. The molecule has 0 amide bonds. The lowest BCUT2D eigenvalue weighted by Crippen LogP contribution is -2.34. The molecule has 0 saturated carbocycles. The van der Waals surface area contributed by atoms with Crippen LogP contribution in [-0.4, -0.2) is 17.5 Å². The van der Waals surface area contributed by atoms with Crippen molar-refractivity contribution >= 4 is 29.9 Å². The van der Waals surface area contributed by atoms with Crippen molar-refractivity contribution in [3.8, 4) is 0 Å². The van der Waals surface area contributed by atoms with Gasteiger partial charge in [-0.3, -0.25) is 4.98 Å². The summed E-state index contributed by atoms with van der Waals surface area (Å²) in [5.74, 6) is 1.04. The van der Waals surface area contributed by atoms with E-state index in [0.717, 1.165) is 12.2 Å². The summed E-state index contributed by atoms with van der Waals surface area (Å²) in [5.41, 5.74) is 6.60. The quantitative estimate of drug-likeness (QED) is 0.501. The first-order valence-electron chi connectivity index (χ1n) is 5.12. The van der Waals surface area contributed by atoms with Crippen molar-refractivity contribution in [2.24, 2.45) is 16.6 Å². The molecule has 0 spiro atoms. The number of aromatic nitrogens is 1. The van der Waals surface area contributed by atoms with Crippen molar-refractivity contribution < 1.29 is 0 Å². The minimum absolute atomic E-state index is 0. The normalized spacial score (nSPS) is 11.1. The number of nitrogens with one attached hydrogen (secondary N) is 1. The molecule has 0 aromatic carbocycles. The molecule has 0 atom stereocenters. The average molecular weight is 334 g/mol. The van der Waals surface area contributed by atoms with Crippen LogP contribution in [0.15, 0.2) is 29.4 Å². The summed E-state index contributed by atoms with van der Waals surface area (Å²) in [7, 11) is 0. The molecule has 0 fully saturated rings. The SMILES string of the molecule is CC(C)CNC(N)=NCc1ccccn1.I. The molecule has 0 aliphatic heterocycles. The van der Waals surface area contributed by atoms with Crippen molar-refractivity contribution in [3.05, 3.63) is 30.1 Å². The third-order valence-corrected chi connectivity index (χ3v) is 1.83. The minimum Gasteiger partial charge on any atom is -0.370 e. The highest BCUT2D eigenvalue weighted by atomic mass is 127. The van der Waals surface area contributed by atoms with Crippen LogP contribution >= 0.6 is 24.0 Å². The number of halogens is 1. The van der Waals surface area contributed by atoms with Gasteiger partial charge < -0.3 is 11.1 Å². The summed E-state index contributed by atoms with van der Waals surface area (Å²) in [6.45, 7) is 5.62. The van der Waals surface area contributed by atoms with Crippen molar-refractivity contribution in [3.63, 3.8) is 0 Å². The fraction of sp³-hybridized carbons (Fsp3) is 0.455. The predicted octanol–water partition coefficient (Wildman–Crippen LogP) is 1.76. The van der Waals surface area contributed by atoms with Gasteiger partial charge in [0, 0.05) is 12.7 Å². The highest BCUT2D eigenvalue weighted by Crippen LogP contribution is 1.94. The van der Waals surface area contributed by atoms with Gasteiger partial charge in [-0.05, 0) is 18.1 Å². The number of hydrogen-bond acceptors (Lipinski definition) is 2. The van der Waals surface area contributed by atoms with Crippen LogP contribution < -0.4 is 11.1 Å². The molecule has 90 valence electrons. The fourth-order valence-electron chi connectivity index (χ4n) is 1.02. The third-order valence-electron chi connectivity index (χ3n) is 1.83. The topological polar surface area (TPSA) is 63.3 Å². The molecule has 16 heavy (non-hydrogen) atoms. The second-order valence-electron chi connectivity index (χ2n) is 3.80. The Balaban J connectivity index is 0.00000225. The van der Waals surface area contributed by atoms with E-state index in [9.17, 15) is 0 Å². The van der Waals surface area contributed by atoms with Gasteiger partial charge in [-0.2, -0.15) is 0 Å². The lowest BCUT2D eigenvalue weighted by Gasteiger charge is -2.07.